The van der Waals surface area contributed by atoms with Gasteiger partial charge in [-0.1, -0.05) is 6.07 Å². The zero-order chi connectivity index (χ0) is 20.0. The summed E-state index contributed by atoms with van der Waals surface area (Å²) in [6.07, 6.45) is 1.15. The van der Waals surface area contributed by atoms with Crippen LogP contribution in [0.15, 0.2) is 63.8 Å². The Hall–Kier alpha value is -3.19. The SMILES string of the molecule is O=c1cccc2n1C[C@H]1C[C@@H]2C[NH+](Cc2ccc(-c3ccc([N+](=O)[O-])cc3)o2)C1. The Morgan fingerprint density at radius 1 is 1.10 bits per heavy atom. The minimum Gasteiger partial charge on any atom is -0.455 e. The van der Waals surface area contributed by atoms with Crippen molar-refractivity contribution in [3.8, 4) is 11.3 Å². The van der Waals surface area contributed by atoms with E-state index in [1.807, 2.05) is 22.8 Å². The van der Waals surface area contributed by atoms with E-state index in [1.54, 1.807) is 18.2 Å². The van der Waals surface area contributed by atoms with Gasteiger partial charge in [0.15, 0.2) is 5.76 Å². The van der Waals surface area contributed by atoms with Gasteiger partial charge in [0.2, 0.25) is 0 Å². The summed E-state index contributed by atoms with van der Waals surface area (Å²) < 4.78 is 7.99. The Morgan fingerprint density at radius 3 is 2.72 bits per heavy atom. The zero-order valence-corrected chi connectivity index (χ0v) is 15.9. The molecular formula is C22H22N3O4+. The highest BCUT2D eigenvalue weighted by Crippen LogP contribution is 2.30. The van der Waals surface area contributed by atoms with E-state index in [4.69, 9.17) is 4.42 Å². The monoisotopic (exact) mass is 392 g/mol. The van der Waals surface area contributed by atoms with Crippen LogP contribution < -0.4 is 10.5 Å². The summed E-state index contributed by atoms with van der Waals surface area (Å²) in [5.74, 6) is 2.57. The summed E-state index contributed by atoms with van der Waals surface area (Å²) in [4.78, 5) is 24.0. The molecular weight excluding hydrogens is 370 g/mol. The van der Waals surface area contributed by atoms with Crippen LogP contribution >= 0.6 is 0 Å². The number of pyridine rings is 1. The molecule has 0 aliphatic carbocycles. The van der Waals surface area contributed by atoms with Crippen LogP contribution in [0, 0.1) is 16.0 Å². The highest BCUT2D eigenvalue weighted by atomic mass is 16.6. The van der Waals surface area contributed by atoms with Crippen LogP contribution in [0.3, 0.4) is 0 Å². The van der Waals surface area contributed by atoms with Gasteiger partial charge >= 0.3 is 0 Å². The number of piperidine rings is 1. The highest BCUT2D eigenvalue weighted by molar-refractivity contribution is 5.59. The van der Waals surface area contributed by atoms with E-state index in [1.165, 1.54) is 17.0 Å². The zero-order valence-electron chi connectivity index (χ0n) is 15.9. The van der Waals surface area contributed by atoms with Crippen molar-refractivity contribution < 1.29 is 14.2 Å². The van der Waals surface area contributed by atoms with Crippen molar-refractivity contribution >= 4 is 5.69 Å². The van der Waals surface area contributed by atoms with Gasteiger partial charge in [-0.2, -0.15) is 0 Å². The minimum absolute atomic E-state index is 0.0734. The molecule has 0 amide bonds. The fourth-order valence-electron chi connectivity index (χ4n) is 4.89. The summed E-state index contributed by atoms with van der Waals surface area (Å²) >= 11 is 0. The van der Waals surface area contributed by atoms with Crippen LogP contribution in [0.4, 0.5) is 5.69 Å². The van der Waals surface area contributed by atoms with Crippen LogP contribution in [0.1, 0.15) is 23.8 Å². The molecule has 1 aromatic carbocycles. The number of nitrogens with one attached hydrogen (secondary N) is 1. The maximum Gasteiger partial charge on any atom is 0.269 e. The van der Waals surface area contributed by atoms with Crippen LogP contribution in [0.2, 0.25) is 0 Å². The Bertz CT molecular complexity index is 1120. The molecule has 1 unspecified atom stereocenters. The fraction of sp³-hybridized carbons (Fsp3) is 0.318. The highest BCUT2D eigenvalue weighted by Gasteiger charge is 2.37. The molecule has 3 atom stereocenters. The fourth-order valence-corrected chi connectivity index (χ4v) is 4.89. The van der Waals surface area contributed by atoms with Crippen LogP contribution in [0.25, 0.3) is 11.3 Å². The first-order chi connectivity index (χ1) is 14.1. The maximum atomic E-state index is 12.2. The third kappa shape index (κ3) is 3.38. The lowest BCUT2D eigenvalue weighted by Gasteiger charge is -2.40. The van der Waals surface area contributed by atoms with Gasteiger partial charge in [0.05, 0.1) is 18.0 Å². The van der Waals surface area contributed by atoms with Gasteiger partial charge in [-0.3, -0.25) is 14.9 Å². The predicted octanol–water partition coefficient (Wildman–Crippen LogP) is 2.22. The third-order valence-electron chi connectivity index (χ3n) is 6.12. The van der Waals surface area contributed by atoms with Crippen LogP contribution in [-0.2, 0) is 13.1 Å². The summed E-state index contributed by atoms with van der Waals surface area (Å²) in [5.41, 5.74) is 2.18. The molecule has 29 heavy (non-hydrogen) atoms. The lowest BCUT2D eigenvalue weighted by atomic mass is 9.83. The van der Waals surface area contributed by atoms with Gasteiger partial charge < -0.3 is 13.9 Å². The standard InChI is InChI=1S/C22H21N3O4/c26-22-3-1-2-20-17-10-15(12-24(20)22)11-23(13-17)14-19-8-9-21(29-19)16-4-6-18(7-5-16)25(27)28/h1-9,15,17H,10-14H2/p+1/t15-,17+/m0/s1. The van der Waals surface area contributed by atoms with Crippen molar-refractivity contribution in [1.29, 1.82) is 0 Å². The summed E-state index contributed by atoms with van der Waals surface area (Å²) in [6.45, 7) is 3.64. The van der Waals surface area contributed by atoms with Crippen molar-refractivity contribution in [3.63, 3.8) is 0 Å². The molecule has 148 valence electrons. The largest absolute Gasteiger partial charge is 0.455 e. The molecule has 7 nitrogen and oxygen atoms in total. The van der Waals surface area contributed by atoms with E-state index in [0.29, 0.717) is 11.8 Å². The van der Waals surface area contributed by atoms with Crippen molar-refractivity contribution in [3.05, 3.63) is 86.5 Å². The molecule has 4 heterocycles. The molecule has 2 aliphatic rings. The minimum atomic E-state index is -0.403. The predicted molar refractivity (Wildman–Crippen MR) is 107 cm³/mol. The molecule has 1 N–H and O–H groups in total. The van der Waals surface area contributed by atoms with Gasteiger partial charge in [-0.15, -0.1) is 0 Å². The smallest absolute Gasteiger partial charge is 0.269 e. The molecule has 2 aliphatic heterocycles. The second kappa shape index (κ2) is 7.00. The Morgan fingerprint density at radius 2 is 1.93 bits per heavy atom. The number of rotatable bonds is 4. The molecule has 2 bridgehead atoms. The second-order valence-electron chi connectivity index (χ2n) is 8.10. The molecule has 0 saturated carbocycles. The molecule has 5 rings (SSSR count). The topological polar surface area (TPSA) is 82.7 Å². The normalized spacial score (nSPS) is 22.8. The van der Waals surface area contributed by atoms with Crippen molar-refractivity contribution in [2.75, 3.05) is 13.1 Å². The summed E-state index contributed by atoms with van der Waals surface area (Å²) in [5, 5.41) is 10.8. The lowest BCUT2D eigenvalue weighted by Crippen LogP contribution is -3.13. The van der Waals surface area contributed by atoms with E-state index < -0.39 is 4.92 Å². The maximum absolute atomic E-state index is 12.2. The molecule has 1 fully saturated rings. The number of hydrogen-bond donors (Lipinski definition) is 1. The number of likely N-dealkylation sites (tertiary alicyclic amines) is 1. The van der Waals surface area contributed by atoms with Crippen LogP contribution in [-0.4, -0.2) is 22.6 Å². The number of benzene rings is 1. The first kappa shape index (κ1) is 17.9. The van der Waals surface area contributed by atoms with Crippen molar-refractivity contribution in [2.45, 2.75) is 25.4 Å². The van der Waals surface area contributed by atoms with E-state index in [9.17, 15) is 14.9 Å². The average Bonchev–Trinajstić information content (AvgIpc) is 3.17. The number of nitro benzene ring substituents is 1. The first-order valence-corrected chi connectivity index (χ1v) is 9.93. The van der Waals surface area contributed by atoms with Gasteiger partial charge in [-0.25, -0.2) is 0 Å². The van der Waals surface area contributed by atoms with Gasteiger partial charge in [0.1, 0.15) is 12.3 Å². The number of hydrogen-bond acceptors (Lipinski definition) is 4. The molecule has 7 heteroatoms. The van der Waals surface area contributed by atoms with Gasteiger partial charge in [-0.05, 0) is 36.8 Å². The van der Waals surface area contributed by atoms with Crippen LogP contribution in [0.5, 0.6) is 0 Å². The number of nitro groups is 1. The number of furan rings is 1. The van der Waals surface area contributed by atoms with Gasteiger partial charge in [0, 0.05) is 47.8 Å². The average molecular weight is 392 g/mol. The lowest BCUT2D eigenvalue weighted by molar-refractivity contribution is -0.925. The second-order valence-corrected chi connectivity index (χ2v) is 8.10. The number of fused-ring (bicyclic) bond motifs is 4. The number of non-ortho nitro benzene ring substituents is 1. The molecule has 1 saturated heterocycles. The summed E-state index contributed by atoms with van der Waals surface area (Å²) in [6, 6.07) is 15.9. The van der Waals surface area contributed by atoms with E-state index in [-0.39, 0.29) is 11.2 Å². The molecule has 0 radical (unpaired) electrons. The third-order valence-corrected chi connectivity index (χ3v) is 6.12. The Kier molecular flexibility index (Phi) is 4.32. The Labute approximate surface area is 167 Å². The van der Waals surface area contributed by atoms with Gasteiger partial charge in [0.25, 0.3) is 11.2 Å². The Balaban J connectivity index is 1.31. The quantitative estimate of drug-likeness (QED) is 0.545. The molecule has 0 spiro atoms. The van der Waals surface area contributed by atoms with E-state index >= 15 is 0 Å². The summed E-state index contributed by atoms with van der Waals surface area (Å²) in [7, 11) is 0. The van der Waals surface area contributed by atoms with Crippen molar-refractivity contribution in [2.24, 2.45) is 5.92 Å². The molecule has 2 aromatic heterocycles. The number of nitrogens with zero attached hydrogens (tertiary/aromatic N) is 2. The van der Waals surface area contributed by atoms with E-state index in [2.05, 4.69) is 6.07 Å². The first-order valence-electron chi connectivity index (χ1n) is 9.93. The number of aromatic nitrogens is 1. The van der Waals surface area contributed by atoms with E-state index in [0.717, 1.165) is 55.4 Å². The number of quaternary nitrogens is 1. The van der Waals surface area contributed by atoms with Crippen molar-refractivity contribution in [1.82, 2.24) is 4.57 Å². The molecule has 3 aromatic rings.